The predicted octanol–water partition coefficient (Wildman–Crippen LogP) is 5.95. The smallest absolute Gasteiger partial charge is 0.291 e. The highest BCUT2D eigenvalue weighted by atomic mass is 35.5. The van der Waals surface area contributed by atoms with Crippen LogP contribution in [0.3, 0.4) is 0 Å². The van der Waals surface area contributed by atoms with E-state index in [0.717, 1.165) is 43.9 Å². The van der Waals surface area contributed by atoms with Crippen molar-refractivity contribution >= 4 is 46.4 Å². The monoisotopic (exact) mass is 485 g/mol. The number of amides is 2. The molecule has 0 bridgehead atoms. The van der Waals surface area contributed by atoms with Crippen LogP contribution in [0.15, 0.2) is 59.0 Å². The summed E-state index contributed by atoms with van der Waals surface area (Å²) >= 11 is 12.0. The number of piperazine rings is 1. The Morgan fingerprint density at radius 3 is 2.33 bits per heavy atom. The molecular weight excluding hydrogens is 461 g/mol. The fourth-order valence-corrected chi connectivity index (χ4v) is 4.10. The number of nitrogens with one attached hydrogen (secondary N) is 1. The minimum absolute atomic E-state index is 0.202. The Balaban J connectivity index is 1.35. The molecule has 1 aliphatic rings. The third-order valence-corrected chi connectivity index (χ3v) is 6.36. The van der Waals surface area contributed by atoms with Gasteiger partial charge in [0.2, 0.25) is 5.91 Å². The van der Waals surface area contributed by atoms with Crippen LogP contribution in [0.25, 0.3) is 11.3 Å². The number of nitrogens with zero attached hydrogens (tertiary/aromatic N) is 2. The number of furan rings is 1. The first-order valence-electron chi connectivity index (χ1n) is 10.9. The van der Waals surface area contributed by atoms with E-state index in [1.165, 1.54) is 0 Å². The van der Waals surface area contributed by atoms with E-state index in [4.69, 9.17) is 27.6 Å². The fraction of sp³-hybridized carbons (Fsp3) is 0.280. The van der Waals surface area contributed by atoms with Crippen molar-refractivity contribution in [2.45, 2.75) is 19.8 Å². The van der Waals surface area contributed by atoms with Gasteiger partial charge >= 0.3 is 0 Å². The average molecular weight is 486 g/mol. The van der Waals surface area contributed by atoms with E-state index in [1.807, 2.05) is 36.1 Å². The van der Waals surface area contributed by atoms with Crippen LogP contribution >= 0.6 is 23.2 Å². The van der Waals surface area contributed by atoms with E-state index >= 15 is 0 Å². The summed E-state index contributed by atoms with van der Waals surface area (Å²) in [5, 5.41) is 3.74. The summed E-state index contributed by atoms with van der Waals surface area (Å²) in [6.07, 6.45) is 1.49. The molecule has 0 aliphatic carbocycles. The van der Waals surface area contributed by atoms with E-state index in [-0.39, 0.29) is 17.6 Å². The maximum Gasteiger partial charge on any atom is 0.291 e. The highest BCUT2D eigenvalue weighted by molar-refractivity contribution is 6.42. The van der Waals surface area contributed by atoms with Gasteiger partial charge in [0.15, 0.2) is 5.76 Å². The molecule has 33 heavy (non-hydrogen) atoms. The van der Waals surface area contributed by atoms with Crippen LogP contribution in [0, 0.1) is 0 Å². The Labute approximate surface area is 203 Å². The molecule has 1 aliphatic heterocycles. The quantitative estimate of drug-likeness (QED) is 0.468. The number of hydrogen-bond donors (Lipinski definition) is 1. The Bertz CT molecular complexity index is 1140. The van der Waals surface area contributed by atoms with Crippen molar-refractivity contribution in [2.75, 3.05) is 36.4 Å². The molecule has 1 fully saturated rings. The Kier molecular flexibility index (Phi) is 7.26. The number of halogens is 2. The third kappa shape index (κ3) is 5.52. The van der Waals surface area contributed by atoms with Gasteiger partial charge in [-0.2, -0.15) is 0 Å². The topological polar surface area (TPSA) is 65.8 Å². The van der Waals surface area contributed by atoms with Crippen LogP contribution in [0.1, 0.15) is 30.3 Å². The number of carbonyl (C=O) groups excluding carboxylic acids is 2. The second-order valence-corrected chi connectivity index (χ2v) is 8.73. The highest BCUT2D eigenvalue weighted by Gasteiger charge is 2.21. The van der Waals surface area contributed by atoms with Crippen LogP contribution in [0.2, 0.25) is 10.0 Å². The first-order valence-corrected chi connectivity index (χ1v) is 11.7. The SMILES string of the molecule is CCCC(=O)N1CCN(c2ccc(NC(=O)c3ccc(-c4ccc(Cl)c(Cl)c4)o3)cc2)CC1. The summed E-state index contributed by atoms with van der Waals surface area (Å²) in [7, 11) is 0. The summed E-state index contributed by atoms with van der Waals surface area (Å²) in [6, 6.07) is 16.2. The number of hydrogen-bond acceptors (Lipinski definition) is 4. The molecule has 2 amide bonds. The normalized spacial score (nSPS) is 13.8. The van der Waals surface area contributed by atoms with Gasteiger partial charge in [-0.1, -0.05) is 30.1 Å². The lowest BCUT2D eigenvalue weighted by atomic mass is 10.2. The zero-order valence-corrected chi connectivity index (χ0v) is 19.8. The van der Waals surface area contributed by atoms with Crippen LogP contribution in [0.5, 0.6) is 0 Å². The molecule has 1 saturated heterocycles. The van der Waals surface area contributed by atoms with Gasteiger partial charge in [-0.25, -0.2) is 0 Å². The predicted molar refractivity (Wildman–Crippen MR) is 132 cm³/mol. The van der Waals surface area contributed by atoms with Gasteiger partial charge in [-0.05, 0) is 61.0 Å². The second-order valence-electron chi connectivity index (χ2n) is 7.91. The van der Waals surface area contributed by atoms with Crippen molar-refractivity contribution in [1.82, 2.24) is 4.90 Å². The first-order chi connectivity index (χ1) is 15.9. The van der Waals surface area contributed by atoms with Gasteiger partial charge < -0.3 is 19.5 Å². The summed E-state index contributed by atoms with van der Waals surface area (Å²) in [5.74, 6) is 0.631. The van der Waals surface area contributed by atoms with Crippen molar-refractivity contribution in [2.24, 2.45) is 0 Å². The van der Waals surface area contributed by atoms with Crippen LogP contribution in [-0.4, -0.2) is 42.9 Å². The molecule has 172 valence electrons. The Morgan fingerprint density at radius 2 is 1.67 bits per heavy atom. The van der Waals surface area contributed by atoms with Crippen molar-refractivity contribution < 1.29 is 14.0 Å². The van der Waals surface area contributed by atoms with Crippen molar-refractivity contribution in [3.63, 3.8) is 0 Å². The molecule has 1 N–H and O–H groups in total. The number of carbonyl (C=O) groups is 2. The molecule has 0 atom stereocenters. The Hall–Kier alpha value is -2.96. The maximum atomic E-state index is 12.6. The Morgan fingerprint density at radius 1 is 0.939 bits per heavy atom. The molecule has 1 aromatic heterocycles. The summed E-state index contributed by atoms with van der Waals surface area (Å²) in [5.41, 5.74) is 2.48. The number of rotatable bonds is 6. The van der Waals surface area contributed by atoms with Crippen LogP contribution in [0.4, 0.5) is 11.4 Å². The molecule has 0 spiro atoms. The first kappa shape index (κ1) is 23.2. The van der Waals surface area contributed by atoms with Crippen LogP contribution in [-0.2, 0) is 4.79 Å². The zero-order valence-electron chi connectivity index (χ0n) is 18.3. The van der Waals surface area contributed by atoms with E-state index in [1.54, 1.807) is 30.3 Å². The van der Waals surface area contributed by atoms with Gasteiger partial charge in [0.05, 0.1) is 10.0 Å². The van der Waals surface area contributed by atoms with E-state index in [9.17, 15) is 9.59 Å². The van der Waals surface area contributed by atoms with Gasteiger partial charge in [-0.3, -0.25) is 9.59 Å². The van der Waals surface area contributed by atoms with Crippen molar-refractivity contribution in [3.05, 3.63) is 70.4 Å². The van der Waals surface area contributed by atoms with E-state index in [0.29, 0.717) is 27.9 Å². The second kappa shape index (κ2) is 10.3. The van der Waals surface area contributed by atoms with E-state index < -0.39 is 0 Å². The van der Waals surface area contributed by atoms with Gasteiger partial charge in [-0.15, -0.1) is 0 Å². The fourth-order valence-electron chi connectivity index (χ4n) is 3.80. The van der Waals surface area contributed by atoms with Crippen molar-refractivity contribution in [1.29, 1.82) is 0 Å². The average Bonchev–Trinajstić information content (AvgIpc) is 3.32. The molecule has 6 nitrogen and oxygen atoms in total. The molecule has 0 radical (unpaired) electrons. The molecule has 3 aromatic rings. The van der Waals surface area contributed by atoms with Gasteiger partial charge in [0.1, 0.15) is 5.76 Å². The largest absolute Gasteiger partial charge is 0.451 e. The summed E-state index contributed by atoms with van der Waals surface area (Å²) < 4.78 is 5.71. The standard InChI is InChI=1S/C25H25Cl2N3O3/c1-2-3-24(31)30-14-12-29(13-15-30)19-7-5-18(6-8-19)28-25(32)23-11-10-22(33-23)17-4-9-20(26)21(27)16-17/h4-11,16H,2-3,12-15H2,1H3,(H,28,32). The zero-order chi connectivity index (χ0) is 23.4. The number of benzene rings is 2. The highest BCUT2D eigenvalue weighted by Crippen LogP contribution is 2.30. The van der Waals surface area contributed by atoms with E-state index in [2.05, 4.69) is 10.2 Å². The molecule has 8 heteroatoms. The molecule has 2 heterocycles. The molecule has 4 rings (SSSR count). The van der Waals surface area contributed by atoms with Crippen molar-refractivity contribution in [3.8, 4) is 11.3 Å². The van der Waals surface area contributed by atoms with Gasteiger partial charge in [0.25, 0.3) is 5.91 Å². The summed E-state index contributed by atoms with van der Waals surface area (Å²) in [6.45, 7) is 5.08. The maximum absolute atomic E-state index is 12.6. The minimum atomic E-state index is -0.336. The molecule has 0 saturated carbocycles. The lowest BCUT2D eigenvalue weighted by molar-refractivity contribution is -0.131. The van der Waals surface area contributed by atoms with Gasteiger partial charge in [0, 0.05) is 49.5 Å². The molecule has 2 aromatic carbocycles. The third-order valence-electron chi connectivity index (χ3n) is 5.62. The summed E-state index contributed by atoms with van der Waals surface area (Å²) in [4.78, 5) is 28.9. The lowest BCUT2D eigenvalue weighted by Crippen LogP contribution is -2.48. The molecular formula is C25H25Cl2N3O3. The lowest BCUT2D eigenvalue weighted by Gasteiger charge is -2.36. The minimum Gasteiger partial charge on any atom is -0.451 e. The number of anilines is 2. The van der Waals surface area contributed by atoms with Crippen LogP contribution < -0.4 is 10.2 Å². The molecule has 0 unspecified atom stereocenters.